The van der Waals surface area contributed by atoms with Gasteiger partial charge in [0, 0.05) is 17.1 Å². The average molecular weight is 461 g/mol. The first kappa shape index (κ1) is 28.3. The molecule has 0 unspecified atom stereocenters. The molecular formula is C28H36N4O2. The number of hydrogen-bond donors (Lipinski definition) is 2. The van der Waals surface area contributed by atoms with Gasteiger partial charge in [-0.15, -0.1) is 0 Å². The van der Waals surface area contributed by atoms with E-state index < -0.39 is 0 Å². The van der Waals surface area contributed by atoms with Crippen molar-refractivity contribution in [3.63, 3.8) is 0 Å². The van der Waals surface area contributed by atoms with Gasteiger partial charge in [0.2, 0.25) is 6.41 Å². The van der Waals surface area contributed by atoms with Crippen LogP contribution < -0.4 is 5.32 Å². The molecule has 2 N–H and O–H groups in total. The predicted molar refractivity (Wildman–Crippen MR) is 142 cm³/mol. The molecule has 1 aliphatic rings. The molecule has 0 radical (unpaired) electrons. The van der Waals surface area contributed by atoms with E-state index in [1.807, 2.05) is 39.0 Å². The van der Waals surface area contributed by atoms with Gasteiger partial charge in [0.1, 0.15) is 5.82 Å². The SMILES string of the molecule is C1CC1.C=C(/C=C(C)\C(=C/C)c1cc2cnc(NC=O)cc2cc1C#N)/C(CC)=N\O.CCC. The number of benzene rings is 1. The summed E-state index contributed by atoms with van der Waals surface area (Å²) in [6.45, 7) is 13.9. The summed E-state index contributed by atoms with van der Waals surface area (Å²) in [6.07, 6.45) is 12.3. The lowest BCUT2D eigenvalue weighted by Crippen LogP contribution is -2.00. The van der Waals surface area contributed by atoms with Crippen LogP contribution in [0.4, 0.5) is 5.82 Å². The average Bonchev–Trinajstić information content (AvgIpc) is 3.70. The van der Waals surface area contributed by atoms with E-state index in [0.717, 1.165) is 27.5 Å². The number of fused-ring (bicyclic) bond motifs is 1. The van der Waals surface area contributed by atoms with Crippen LogP contribution >= 0.6 is 0 Å². The number of allylic oxidation sites excluding steroid dienone is 5. The number of carbonyl (C=O) groups excluding carboxylic acids is 1. The Morgan fingerprint density at radius 1 is 1.24 bits per heavy atom. The number of carbonyl (C=O) groups is 1. The maximum Gasteiger partial charge on any atom is 0.212 e. The third-order valence-electron chi connectivity index (χ3n) is 4.76. The zero-order valence-corrected chi connectivity index (χ0v) is 21.0. The molecule has 0 atom stereocenters. The van der Waals surface area contributed by atoms with Gasteiger partial charge in [0.15, 0.2) is 0 Å². The van der Waals surface area contributed by atoms with Gasteiger partial charge in [0.25, 0.3) is 0 Å². The lowest BCUT2D eigenvalue weighted by molar-refractivity contribution is -0.105. The van der Waals surface area contributed by atoms with E-state index in [1.165, 1.54) is 25.7 Å². The molecule has 180 valence electrons. The Labute approximate surface area is 203 Å². The van der Waals surface area contributed by atoms with Crippen molar-refractivity contribution in [1.29, 1.82) is 5.26 Å². The Hall–Kier alpha value is -3.72. The standard InChI is InChI=1S/C22H22N4O2.C3H6.C3H8/c1-5-19(14(3)7-15(4)21(6-2)26-28)20-9-18-12-24-22(25-13-27)10-16(18)8-17(20)11-23;1-2-3-1;1-3-2/h5,7-10,12-13,28H,4,6H2,1-3H3,(H,24,25,27);1-3H2;3H2,1-2H3/b14-7-,19-5+,26-21-;;. The molecule has 1 fully saturated rings. The summed E-state index contributed by atoms with van der Waals surface area (Å²) >= 11 is 0. The highest BCUT2D eigenvalue weighted by Crippen LogP contribution is 2.31. The number of anilines is 1. The zero-order valence-electron chi connectivity index (χ0n) is 21.0. The van der Waals surface area contributed by atoms with Crippen LogP contribution in [0.5, 0.6) is 0 Å². The largest absolute Gasteiger partial charge is 0.411 e. The van der Waals surface area contributed by atoms with Crippen LogP contribution in [0.2, 0.25) is 0 Å². The highest BCUT2D eigenvalue weighted by molar-refractivity contribution is 6.02. The third kappa shape index (κ3) is 8.67. The van der Waals surface area contributed by atoms with E-state index in [1.54, 1.807) is 18.3 Å². The number of hydrogen-bond acceptors (Lipinski definition) is 5. The van der Waals surface area contributed by atoms with Crippen molar-refractivity contribution in [1.82, 2.24) is 4.98 Å². The molecule has 1 aromatic carbocycles. The predicted octanol–water partition coefficient (Wildman–Crippen LogP) is 7.41. The van der Waals surface area contributed by atoms with Crippen LogP contribution in [0.25, 0.3) is 16.3 Å². The fourth-order valence-corrected chi connectivity index (χ4v) is 3.03. The van der Waals surface area contributed by atoms with Crippen LogP contribution in [0.1, 0.15) is 77.8 Å². The topological polar surface area (TPSA) is 98.4 Å². The van der Waals surface area contributed by atoms with Gasteiger partial charge in [-0.1, -0.05) is 70.3 Å². The molecule has 3 rings (SSSR count). The fourth-order valence-electron chi connectivity index (χ4n) is 3.03. The minimum Gasteiger partial charge on any atom is -0.411 e. The summed E-state index contributed by atoms with van der Waals surface area (Å²) in [5.41, 5.74) is 4.18. The Kier molecular flexibility index (Phi) is 12.6. The van der Waals surface area contributed by atoms with Crippen LogP contribution in [-0.4, -0.2) is 22.3 Å². The second-order valence-electron chi connectivity index (χ2n) is 7.91. The first-order valence-corrected chi connectivity index (χ1v) is 11.7. The second-order valence-corrected chi connectivity index (χ2v) is 7.91. The van der Waals surface area contributed by atoms with Gasteiger partial charge in [-0.25, -0.2) is 4.98 Å². The number of nitrogens with one attached hydrogen (secondary N) is 1. The Morgan fingerprint density at radius 3 is 2.35 bits per heavy atom. The summed E-state index contributed by atoms with van der Waals surface area (Å²) in [5.74, 6) is 0.424. The molecule has 0 spiro atoms. The zero-order chi connectivity index (χ0) is 25.5. The van der Waals surface area contributed by atoms with Gasteiger partial charge in [-0.2, -0.15) is 5.26 Å². The first-order valence-electron chi connectivity index (χ1n) is 11.7. The normalized spacial score (nSPS) is 13.0. The van der Waals surface area contributed by atoms with Crippen molar-refractivity contribution in [3.8, 4) is 6.07 Å². The van der Waals surface area contributed by atoms with E-state index in [9.17, 15) is 10.1 Å². The van der Waals surface area contributed by atoms with Crippen molar-refractivity contribution >= 4 is 34.3 Å². The molecule has 1 saturated carbocycles. The van der Waals surface area contributed by atoms with Gasteiger partial charge in [-0.3, -0.25) is 4.79 Å². The Bertz CT molecular complexity index is 1120. The van der Waals surface area contributed by atoms with Crippen molar-refractivity contribution < 1.29 is 10.0 Å². The van der Waals surface area contributed by atoms with Crippen molar-refractivity contribution in [3.05, 3.63) is 65.4 Å². The maximum atomic E-state index is 10.6. The number of pyridine rings is 1. The monoisotopic (exact) mass is 460 g/mol. The molecule has 1 aromatic heterocycles. The van der Waals surface area contributed by atoms with Crippen molar-refractivity contribution in [2.45, 2.75) is 66.7 Å². The first-order chi connectivity index (χ1) is 16.4. The molecule has 6 heteroatoms. The molecule has 2 aromatic rings. The van der Waals surface area contributed by atoms with Crippen LogP contribution in [-0.2, 0) is 4.79 Å². The molecule has 1 amide bonds. The molecular weight excluding hydrogens is 424 g/mol. The van der Waals surface area contributed by atoms with Crippen molar-refractivity contribution in [2.75, 3.05) is 5.32 Å². The molecule has 0 bridgehead atoms. The van der Waals surface area contributed by atoms with Crippen LogP contribution in [0.3, 0.4) is 0 Å². The Morgan fingerprint density at radius 2 is 1.88 bits per heavy atom. The van der Waals surface area contributed by atoms with Crippen LogP contribution in [0, 0.1) is 11.3 Å². The molecule has 1 heterocycles. The fraction of sp³-hybridized carbons (Fsp3) is 0.357. The van der Waals surface area contributed by atoms with Gasteiger partial charge in [0.05, 0.1) is 17.3 Å². The molecule has 6 nitrogen and oxygen atoms in total. The summed E-state index contributed by atoms with van der Waals surface area (Å²) in [6, 6.07) is 7.65. The number of rotatable bonds is 7. The molecule has 1 aliphatic carbocycles. The Balaban J connectivity index is 0.000000849. The highest BCUT2D eigenvalue weighted by atomic mass is 16.4. The van der Waals surface area contributed by atoms with Crippen LogP contribution in [0.15, 0.2) is 59.4 Å². The smallest absolute Gasteiger partial charge is 0.212 e. The van der Waals surface area contributed by atoms with E-state index in [0.29, 0.717) is 35.5 Å². The lowest BCUT2D eigenvalue weighted by Gasteiger charge is -2.13. The summed E-state index contributed by atoms with van der Waals surface area (Å²) in [4.78, 5) is 14.8. The number of amides is 1. The number of aromatic nitrogens is 1. The second kappa shape index (κ2) is 15.2. The molecule has 0 saturated heterocycles. The molecule has 34 heavy (non-hydrogen) atoms. The summed E-state index contributed by atoms with van der Waals surface area (Å²) in [5, 5.41) is 26.2. The quantitative estimate of drug-likeness (QED) is 0.148. The molecule has 0 aliphatic heterocycles. The summed E-state index contributed by atoms with van der Waals surface area (Å²) in [7, 11) is 0. The van der Waals surface area contributed by atoms with Gasteiger partial charge >= 0.3 is 0 Å². The minimum atomic E-state index is 0.424. The van der Waals surface area contributed by atoms with E-state index >= 15 is 0 Å². The lowest BCUT2D eigenvalue weighted by atomic mass is 9.91. The van der Waals surface area contributed by atoms with Gasteiger partial charge in [-0.05, 0) is 60.6 Å². The highest BCUT2D eigenvalue weighted by Gasteiger charge is 2.13. The number of nitrogens with zero attached hydrogens (tertiary/aromatic N) is 3. The summed E-state index contributed by atoms with van der Waals surface area (Å²) < 4.78 is 0. The number of oxime groups is 1. The van der Waals surface area contributed by atoms with E-state index in [2.05, 4.69) is 42.0 Å². The third-order valence-corrected chi connectivity index (χ3v) is 4.76. The van der Waals surface area contributed by atoms with E-state index in [-0.39, 0.29) is 0 Å². The van der Waals surface area contributed by atoms with E-state index in [4.69, 9.17) is 5.21 Å². The van der Waals surface area contributed by atoms with Gasteiger partial charge < -0.3 is 10.5 Å². The minimum absolute atomic E-state index is 0.424. The van der Waals surface area contributed by atoms with Crippen molar-refractivity contribution in [2.24, 2.45) is 5.16 Å². The maximum absolute atomic E-state index is 10.6. The number of nitriles is 1.